The number of halogens is 3. The second-order valence-electron chi connectivity index (χ2n) is 3.73. The minimum Gasteiger partial charge on any atom is -0.480 e. The third-order valence-corrected chi connectivity index (χ3v) is 2.76. The van der Waals surface area contributed by atoms with Gasteiger partial charge in [0.1, 0.15) is 0 Å². The highest BCUT2D eigenvalue weighted by atomic mass is 19.4. The predicted octanol–water partition coefficient (Wildman–Crippen LogP) is 1.84. The summed E-state index contributed by atoms with van der Waals surface area (Å²) in [5, 5.41) is 8.94. The van der Waals surface area contributed by atoms with E-state index in [-0.39, 0.29) is 11.1 Å². The van der Waals surface area contributed by atoms with Crippen LogP contribution in [0.25, 0.3) is 0 Å². The first-order chi connectivity index (χ1) is 7.77. The first-order valence-electron chi connectivity index (χ1n) is 4.83. The molecule has 6 heteroatoms. The zero-order chi connectivity index (χ0) is 13.3. The van der Waals surface area contributed by atoms with Crippen molar-refractivity contribution >= 4 is 5.97 Å². The van der Waals surface area contributed by atoms with Crippen LogP contribution in [0.3, 0.4) is 0 Å². The molecule has 0 aliphatic rings. The largest absolute Gasteiger partial charge is 0.480 e. The van der Waals surface area contributed by atoms with E-state index >= 15 is 0 Å². The van der Waals surface area contributed by atoms with Gasteiger partial charge in [-0.05, 0) is 18.1 Å². The molecule has 0 spiro atoms. The average Bonchev–Trinajstić information content (AvgIpc) is 2.19. The molecular formula is C11H12F3NO2. The molecule has 0 fully saturated rings. The molecule has 1 unspecified atom stereocenters. The van der Waals surface area contributed by atoms with Crippen LogP contribution in [-0.2, 0) is 10.2 Å². The molecular weight excluding hydrogens is 235 g/mol. The summed E-state index contributed by atoms with van der Waals surface area (Å²) in [4.78, 5) is 11.1. The monoisotopic (exact) mass is 247 g/mol. The number of rotatable bonds is 3. The van der Waals surface area contributed by atoms with Gasteiger partial charge in [0, 0.05) is 6.54 Å². The lowest BCUT2D eigenvalue weighted by Gasteiger charge is -2.31. The standard InChI is InChI=1S/C11H12F3NO2/c1-7-4-2-3-5-8(7)10(6-15,9(16)17)11(12,13)14/h2-5H,6,15H2,1H3,(H,16,17). The van der Waals surface area contributed by atoms with E-state index in [1.165, 1.54) is 19.1 Å². The third-order valence-electron chi connectivity index (χ3n) is 2.76. The summed E-state index contributed by atoms with van der Waals surface area (Å²) in [5.41, 5.74) is 1.98. The molecule has 0 amide bonds. The van der Waals surface area contributed by atoms with Crippen LogP contribution in [0, 0.1) is 6.92 Å². The molecule has 0 aromatic heterocycles. The Balaban J connectivity index is 3.55. The van der Waals surface area contributed by atoms with E-state index in [0.717, 1.165) is 6.07 Å². The fourth-order valence-corrected chi connectivity index (χ4v) is 1.75. The highest BCUT2D eigenvalue weighted by Crippen LogP contribution is 2.41. The Morgan fingerprint density at radius 3 is 2.24 bits per heavy atom. The van der Waals surface area contributed by atoms with Crippen LogP contribution in [0.2, 0.25) is 0 Å². The number of aryl methyl sites for hydroxylation is 1. The van der Waals surface area contributed by atoms with Crippen LogP contribution in [0.1, 0.15) is 11.1 Å². The number of hydrogen-bond acceptors (Lipinski definition) is 2. The van der Waals surface area contributed by atoms with E-state index in [9.17, 15) is 18.0 Å². The van der Waals surface area contributed by atoms with Gasteiger partial charge in [-0.15, -0.1) is 0 Å². The molecule has 1 atom stereocenters. The molecule has 1 rings (SSSR count). The molecule has 3 N–H and O–H groups in total. The third kappa shape index (κ3) is 2.00. The van der Waals surface area contributed by atoms with Gasteiger partial charge >= 0.3 is 12.1 Å². The molecule has 0 saturated heterocycles. The molecule has 0 heterocycles. The molecule has 1 aromatic carbocycles. The summed E-state index contributed by atoms with van der Waals surface area (Å²) in [7, 11) is 0. The van der Waals surface area contributed by atoms with Gasteiger partial charge in [-0.25, -0.2) is 0 Å². The van der Waals surface area contributed by atoms with Gasteiger partial charge in [0.15, 0.2) is 5.41 Å². The van der Waals surface area contributed by atoms with Crippen LogP contribution in [0.5, 0.6) is 0 Å². The van der Waals surface area contributed by atoms with Crippen molar-refractivity contribution in [3.63, 3.8) is 0 Å². The molecule has 0 saturated carbocycles. The molecule has 17 heavy (non-hydrogen) atoms. The average molecular weight is 247 g/mol. The summed E-state index contributed by atoms with van der Waals surface area (Å²) < 4.78 is 39.1. The Labute approximate surface area is 96.0 Å². The first-order valence-corrected chi connectivity index (χ1v) is 4.83. The van der Waals surface area contributed by atoms with Crippen LogP contribution in [-0.4, -0.2) is 23.8 Å². The second-order valence-corrected chi connectivity index (χ2v) is 3.73. The topological polar surface area (TPSA) is 63.3 Å². The maximum Gasteiger partial charge on any atom is 0.410 e. The van der Waals surface area contributed by atoms with Gasteiger partial charge in [0.2, 0.25) is 0 Å². The van der Waals surface area contributed by atoms with Crippen molar-refractivity contribution in [3.8, 4) is 0 Å². The molecule has 1 aromatic rings. The van der Waals surface area contributed by atoms with Crippen LogP contribution in [0.15, 0.2) is 24.3 Å². The lowest BCUT2D eigenvalue weighted by Crippen LogP contribution is -2.54. The Hall–Kier alpha value is -1.56. The van der Waals surface area contributed by atoms with E-state index in [2.05, 4.69) is 0 Å². The van der Waals surface area contributed by atoms with Gasteiger partial charge in [-0.3, -0.25) is 4.79 Å². The SMILES string of the molecule is Cc1ccccc1C(CN)(C(=O)O)C(F)(F)F. The van der Waals surface area contributed by atoms with E-state index in [0.29, 0.717) is 0 Å². The minimum absolute atomic E-state index is 0.248. The fraction of sp³-hybridized carbons (Fsp3) is 0.364. The molecule has 0 aliphatic heterocycles. The summed E-state index contributed by atoms with van der Waals surface area (Å²) in [6, 6.07) is 5.47. The Kier molecular flexibility index (Phi) is 3.47. The Morgan fingerprint density at radius 2 is 1.88 bits per heavy atom. The lowest BCUT2D eigenvalue weighted by atomic mass is 9.77. The van der Waals surface area contributed by atoms with Crippen LogP contribution < -0.4 is 5.73 Å². The second kappa shape index (κ2) is 4.37. The van der Waals surface area contributed by atoms with Crippen molar-refractivity contribution in [2.24, 2.45) is 5.73 Å². The minimum atomic E-state index is -4.94. The maximum absolute atomic E-state index is 13.0. The van der Waals surface area contributed by atoms with Crippen molar-refractivity contribution in [3.05, 3.63) is 35.4 Å². The van der Waals surface area contributed by atoms with E-state index < -0.39 is 24.1 Å². The fourth-order valence-electron chi connectivity index (χ4n) is 1.75. The van der Waals surface area contributed by atoms with Crippen LogP contribution >= 0.6 is 0 Å². The lowest BCUT2D eigenvalue weighted by molar-refractivity contribution is -0.203. The van der Waals surface area contributed by atoms with Gasteiger partial charge < -0.3 is 10.8 Å². The highest BCUT2D eigenvalue weighted by Gasteiger charge is 2.61. The number of carboxylic acids is 1. The summed E-state index contributed by atoms with van der Waals surface area (Å²) in [5.74, 6) is -1.98. The number of carbonyl (C=O) groups is 1. The number of benzene rings is 1. The zero-order valence-corrected chi connectivity index (χ0v) is 9.08. The zero-order valence-electron chi connectivity index (χ0n) is 9.08. The Bertz CT molecular complexity index is 431. The number of nitrogens with two attached hydrogens (primary N) is 1. The number of carboxylic acid groups (broad SMARTS) is 1. The van der Waals surface area contributed by atoms with Crippen molar-refractivity contribution in [1.29, 1.82) is 0 Å². The number of hydrogen-bond donors (Lipinski definition) is 2. The quantitative estimate of drug-likeness (QED) is 0.856. The first kappa shape index (κ1) is 13.5. The van der Waals surface area contributed by atoms with Gasteiger partial charge in [0.05, 0.1) is 0 Å². The number of alkyl halides is 3. The maximum atomic E-state index is 13.0. The molecule has 94 valence electrons. The summed E-state index contributed by atoms with van der Waals surface area (Å²) in [6.45, 7) is 0.394. The predicted molar refractivity (Wildman–Crippen MR) is 55.6 cm³/mol. The molecule has 0 radical (unpaired) electrons. The molecule has 0 bridgehead atoms. The highest BCUT2D eigenvalue weighted by molar-refractivity contribution is 5.83. The van der Waals surface area contributed by atoms with E-state index in [1.807, 2.05) is 0 Å². The van der Waals surface area contributed by atoms with Gasteiger partial charge in [-0.1, -0.05) is 24.3 Å². The molecule has 0 aliphatic carbocycles. The Morgan fingerprint density at radius 1 is 1.35 bits per heavy atom. The van der Waals surface area contributed by atoms with Gasteiger partial charge in [-0.2, -0.15) is 13.2 Å². The summed E-state index contributed by atoms with van der Waals surface area (Å²) in [6.07, 6.45) is -4.94. The van der Waals surface area contributed by atoms with E-state index in [1.54, 1.807) is 6.07 Å². The van der Waals surface area contributed by atoms with Crippen molar-refractivity contribution in [1.82, 2.24) is 0 Å². The van der Waals surface area contributed by atoms with E-state index in [4.69, 9.17) is 10.8 Å². The number of aliphatic carboxylic acids is 1. The van der Waals surface area contributed by atoms with Gasteiger partial charge in [0.25, 0.3) is 0 Å². The van der Waals surface area contributed by atoms with Crippen molar-refractivity contribution in [2.75, 3.05) is 6.54 Å². The van der Waals surface area contributed by atoms with Crippen LogP contribution in [0.4, 0.5) is 13.2 Å². The van der Waals surface area contributed by atoms with Crippen molar-refractivity contribution in [2.45, 2.75) is 18.5 Å². The smallest absolute Gasteiger partial charge is 0.410 e. The molecule has 3 nitrogen and oxygen atoms in total. The summed E-state index contributed by atoms with van der Waals surface area (Å²) >= 11 is 0. The van der Waals surface area contributed by atoms with Crippen molar-refractivity contribution < 1.29 is 23.1 Å². The normalized spacial score (nSPS) is 15.4.